The summed E-state index contributed by atoms with van der Waals surface area (Å²) >= 11 is 0. The highest BCUT2D eigenvalue weighted by molar-refractivity contribution is 5.51. The van der Waals surface area contributed by atoms with Crippen LogP contribution in [0, 0.1) is 11.3 Å². The first-order valence-corrected chi connectivity index (χ1v) is 5.22. The van der Waals surface area contributed by atoms with Gasteiger partial charge in [-0.3, -0.25) is 0 Å². The average molecular weight is 204 g/mol. The molecular weight excluding hydrogens is 188 g/mol. The van der Waals surface area contributed by atoms with E-state index in [4.69, 9.17) is 5.26 Å². The fourth-order valence-electron chi connectivity index (χ4n) is 1.40. The van der Waals surface area contributed by atoms with Crippen LogP contribution in [0.3, 0.4) is 0 Å². The molecule has 4 heteroatoms. The van der Waals surface area contributed by atoms with Crippen LogP contribution in [0.15, 0.2) is 12.3 Å². The number of unbranched alkanes of at least 4 members (excludes halogenated alkanes) is 2. The summed E-state index contributed by atoms with van der Waals surface area (Å²) in [6, 6.07) is 3.82. The van der Waals surface area contributed by atoms with Crippen molar-refractivity contribution in [2.75, 3.05) is 18.5 Å². The minimum Gasteiger partial charge on any atom is -0.357 e. The van der Waals surface area contributed by atoms with Crippen molar-refractivity contribution in [2.45, 2.75) is 26.2 Å². The Balaban J connectivity index is 2.65. The van der Waals surface area contributed by atoms with Gasteiger partial charge in [-0.1, -0.05) is 19.8 Å². The molecule has 1 rings (SSSR count). The van der Waals surface area contributed by atoms with Crippen molar-refractivity contribution in [3.63, 3.8) is 0 Å². The molecule has 0 atom stereocenters. The van der Waals surface area contributed by atoms with Gasteiger partial charge in [-0.25, -0.2) is 0 Å². The van der Waals surface area contributed by atoms with E-state index < -0.39 is 0 Å². The molecule has 0 aliphatic heterocycles. The lowest BCUT2D eigenvalue weighted by atomic mass is 10.2. The summed E-state index contributed by atoms with van der Waals surface area (Å²) < 4.78 is 0. The second kappa shape index (κ2) is 5.97. The zero-order valence-electron chi connectivity index (χ0n) is 9.27. The molecule has 0 radical (unpaired) electrons. The molecule has 0 unspecified atom stereocenters. The van der Waals surface area contributed by atoms with Crippen molar-refractivity contribution in [1.29, 1.82) is 5.26 Å². The average Bonchev–Trinajstić information content (AvgIpc) is 2.29. The van der Waals surface area contributed by atoms with Gasteiger partial charge in [0.05, 0.1) is 11.8 Å². The molecule has 0 saturated carbocycles. The van der Waals surface area contributed by atoms with Crippen LogP contribution in [0.1, 0.15) is 31.7 Å². The van der Waals surface area contributed by atoms with Crippen LogP contribution in [0.4, 0.5) is 5.82 Å². The normalized spacial score (nSPS) is 9.67. The number of aromatic nitrogens is 2. The van der Waals surface area contributed by atoms with E-state index in [1.54, 1.807) is 12.3 Å². The largest absolute Gasteiger partial charge is 0.357 e. The van der Waals surface area contributed by atoms with E-state index >= 15 is 0 Å². The Morgan fingerprint density at radius 2 is 2.27 bits per heavy atom. The zero-order valence-corrected chi connectivity index (χ0v) is 9.27. The first-order valence-electron chi connectivity index (χ1n) is 5.22. The summed E-state index contributed by atoms with van der Waals surface area (Å²) in [6.45, 7) is 3.09. The molecule has 0 aromatic carbocycles. The first-order chi connectivity index (χ1) is 7.29. The molecular formula is C11H16N4. The van der Waals surface area contributed by atoms with E-state index in [2.05, 4.69) is 23.2 Å². The lowest BCUT2D eigenvalue weighted by Gasteiger charge is -2.17. The summed E-state index contributed by atoms with van der Waals surface area (Å²) in [7, 11) is 1.94. The third-order valence-corrected chi connectivity index (χ3v) is 2.28. The molecule has 0 fully saturated rings. The van der Waals surface area contributed by atoms with E-state index in [1.807, 2.05) is 11.9 Å². The predicted octanol–water partition coefficient (Wildman–Crippen LogP) is 1.97. The maximum absolute atomic E-state index is 8.89. The van der Waals surface area contributed by atoms with Crippen molar-refractivity contribution in [3.8, 4) is 6.07 Å². The second-order valence-corrected chi connectivity index (χ2v) is 3.51. The lowest BCUT2D eigenvalue weighted by Crippen LogP contribution is -2.21. The van der Waals surface area contributed by atoms with Gasteiger partial charge in [0, 0.05) is 13.6 Å². The third kappa shape index (κ3) is 3.21. The van der Waals surface area contributed by atoms with Gasteiger partial charge >= 0.3 is 0 Å². The summed E-state index contributed by atoms with van der Waals surface area (Å²) in [6.07, 6.45) is 5.06. The Labute approximate surface area is 90.5 Å². The number of nitrogens with zero attached hydrogens (tertiary/aromatic N) is 4. The molecule has 80 valence electrons. The molecule has 0 aliphatic carbocycles. The van der Waals surface area contributed by atoms with Gasteiger partial charge in [0.25, 0.3) is 0 Å². The van der Waals surface area contributed by atoms with E-state index in [0.717, 1.165) is 13.0 Å². The number of nitriles is 1. The Bertz CT molecular complexity index is 343. The summed E-state index contributed by atoms with van der Waals surface area (Å²) in [5.74, 6) is 0.677. The Morgan fingerprint density at radius 1 is 1.47 bits per heavy atom. The first kappa shape index (κ1) is 11.4. The van der Waals surface area contributed by atoms with Gasteiger partial charge in [-0.05, 0) is 12.5 Å². The van der Waals surface area contributed by atoms with Gasteiger partial charge in [0.1, 0.15) is 6.07 Å². The highest BCUT2D eigenvalue weighted by Crippen LogP contribution is 2.13. The van der Waals surface area contributed by atoms with Crippen LogP contribution < -0.4 is 4.90 Å². The van der Waals surface area contributed by atoms with Crippen molar-refractivity contribution < 1.29 is 0 Å². The quantitative estimate of drug-likeness (QED) is 0.688. The summed E-state index contributed by atoms with van der Waals surface area (Å²) in [5.41, 5.74) is 0.587. The number of anilines is 1. The zero-order chi connectivity index (χ0) is 11.1. The SMILES string of the molecule is CCCCCN(C)c1nnccc1C#N. The van der Waals surface area contributed by atoms with Gasteiger partial charge in [-0.2, -0.15) is 10.4 Å². The summed E-state index contributed by atoms with van der Waals surface area (Å²) in [4.78, 5) is 1.99. The van der Waals surface area contributed by atoms with Crippen LogP contribution in [0.25, 0.3) is 0 Å². The molecule has 0 amide bonds. The maximum atomic E-state index is 8.89. The molecule has 1 aromatic rings. The van der Waals surface area contributed by atoms with Crippen LogP contribution in [0.5, 0.6) is 0 Å². The highest BCUT2D eigenvalue weighted by atomic mass is 15.2. The maximum Gasteiger partial charge on any atom is 0.168 e. The van der Waals surface area contributed by atoms with Crippen molar-refractivity contribution in [3.05, 3.63) is 17.8 Å². The number of hydrogen-bond donors (Lipinski definition) is 0. The van der Waals surface area contributed by atoms with Crippen molar-refractivity contribution >= 4 is 5.82 Å². The van der Waals surface area contributed by atoms with E-state index in [1.165, 1.54) is 12.8 Å². The minimum atomic E-state index is 0.587. The highest BCUT2D eigenvalue weighted by Gasteiger charge is 2.07. The third-order valence-electron chi connectivity index (χ3n) is 2.28. The molecule has 15 heavy (non-hydrogen) atoms. The Kier molecular flexibility index (Phi) is 4.55. The molecule has 0 bridgehead atoms. The predicted molar refractivity (Wildman–Crippen MR) is 59.5 cm³/mol. The molecule has 0 aliphatic rings. The standard InChI is InChI=1S/C11H16N4/c1-3-4-5-8-15(2)11-10(9-12)6-7-13-14-11/h6-7H,3-5,8H2,1-2H3. The topological polar surface area (TPSA) is 52.8 Å². The minimum absolute atomic E-state index is 0.587. The van der Waals surface area contributed by atoms with Gasteiger partial charge in [0.15, 0.2) is 5.82 Å². The lowest BCUT2D eigenvalue weighted by molar-refractivity contribution is 0.698. The molecule has 0 N–H and O–H groups in total. The molecule has 1 heterocycles. The molecule has 0 spiro atoms. The van der Waals surface area contributed by atoms with Crippen molar-refractivity contribution in [2.24, 2.45) is 0 Å². The smallest absolute Gasteiger partial charge is 0.168 e. The van der Waals surface area contributed by atoms with Crippen LogP contribution in [0.2, 0.25) is 0 Å². The molecule has 0 saturated heterocycles. The van der Waals surface area contributed by atoms with E-state index in [-0.39, 0.29) is 0 Å². The van der Waals surface area contributed by atoms with E-state index in [0.29, 0.717) is 11.4 Å². The Morgan fingerprint density at radius 3 is 2.93 bits per heavy atom. The monoisotopic (exact) mass is 204 g/mol. The van der Waals surface area contributed by atoms with Crippen LogP contribution >= 0.6 is 0 Å². The number of hydrogen-bond acceptors (Lipinski definition) is 4. The van der Waals surface area contributed by atoms with E-state index in [9.17, 15) is 0 Å². The van der Waals surface area contributed by atoms with Gasteiger partial charge in [0.2, 0.25) is 0 Å². The molecule has 4 nitrogen and oxygen atoms in total. The fraction of sp³-hybridized carbons (Fsp3) is 0.545. The Hall–Kier alpha value is -1.63. The van der Waals surface area contributed by atoms with Gasteiger partial charge in [-0.15, -0.1) is 5.10 Å². The molecule has 1 aromatic heterocycles. The number of rotatable bonds is 5. The second-order valence-electron chi connectivity index (χ2n) is 3.51. The van der Waals surface area contributed by atoms with Crippen molar-refractivity contribution in [1.82, 2.24) is 10.2 Å². The summed E-state index contributed by atoms with van der Waals surface area (Å²) in [5, 5.41) is 16.7. The fourth-order valence-corrected chi connectivity index (χ4v) is 1.40. The van der Waals surface area contributed by atoms with Crippen LogP contribution in [-0.4, -0.2) is 23.8 Å². The van der Waals surface area contributed by atoms with Gasteiger partial charge < -0.3 is 4.90 Å². The van der Waals surface area contributed by atoms with Crippen LogP contribution in [-0.2, 0) is 0 Å².